The quantitative estimate of drug-likeness (QED) is 0.650. The lowest BCUT2D eigenvalue weighted by atomic mass is 10.2. The van der Waals surface area contributed by atoms with Crippen LogP contribution in [-0.4, -0.2) is 47.0 Å². The molecule has 27 heavy (non-hydrogen) atoms. The van der Waals surface area contributed by atoms with Crippen LogP contribution in [-0.2, 0) is 11.3 Å². The van der Waals surface area contributed by atoms with Gasteiger partial charge in [0, 0.05) is 25.4 Å². The van der Waals surface area contributed by atoms with Crippen LogP contribution in [0.5, 0.6) is 5.75 Å². The highest BCUT2D eigenvalue weighted by Crippen LogP contribution is 2.32. The Morgan fingerprint density at radius 2 is 2.33 bits per heavy atom. The summed E-state index contributed by atoms with van der Waals surface area (Å²) in [5.41, 5.74) is 1.24. The third-order valence-electron chi connectivity index (χ3n) is 4.65. The number of anilines is 1. The first kappa shape index (κ1) is 17.9. The van der Waals surface area contributed by atoms with E-state index in [-0.39, 0.29) is 12.0 Å². The number of fused-ring (bicyclic) bond motifs is 1. The molecule has 1 saturated heterocycles. The van der Waals surface area contributed by atoms with Gasteiger partial charge < -0.3 is 9.47 Å². The van der Waals surface area contributed by atoms with E-state index in [1.54, 1.807) is 22.8 Å². The van der Waals surface area contributed by atoms with Crippen molar-refractivity contribution in [3.05, 3.63) is 36.2 Å². The molecule has 7 nitrogen and oxygen atoms in total. The molecule has 0 aliphatic carbocycles. The fraction of sp³-hybridized carbons (Fsp3) is 0.421. The minimum Gasteiger partial charge on any atom is -0.497 e. The van der Waals surface area contributed by atoms with E-state index in [4.69, 9.17) is 14.5 Å². The Hall–Kier alpha value is -2.45. The summed E-state index contributed by atoms with van der Waals surface area (Å²) in [5.74, 6) is 0.599. The zero-order valence-electron chi connectivity index (χ0n) is 15.4. The summed E-state index contributed by atoms with van der Waals surface area (Å²) in [5, 5.41) is 5.03. The number of thiazole rings is 1. The molecule has 1 atom stereocenters. The zero-order valence-corrected chi connectivity index (χ0v) is 16.2. The van der Waals surface area contributed by atoms with Crippen LogP contribution < -0.4 is 9.64 Å². The van der Waals surface area contributed by atoms with Crippen molar-refractivity contribution in [1.82, 2.24) is 14.8 Å². The van der Waals surface area contributed by atoms with Crippen LogP contribution in [0.4, 0.5) is 5.13 Å². The van der Waals surface area contributed by atoms with Crippen LogP contribution >= 0.6 is 11.3 Å². The summed E-state index contributed by atoms with van der Waals surface area (Å²) < 4.78 is 13.8. The van der Waals surface area contributed by atoms with E-state index in [1.807, 2.05) is 31.3 Å². The van der Waals surface area contributed by atoms with Crippen LogP contribution in [0.1, 0.15) is 30.3 Å². The number of ether oxygens (including phenoxy) is 2. The lowest BCUT2D eigenvalue weighted by molar-refractivity contribution is 0.0912. The number of hydrogen-bond donors (Lipinski definition) is 0. The van der Waals surface area contributed by atoms with Gasteiger partial charge in [0.25, 0.3) is 5.91 Å². The number of aryl methyl sites for hydroxylation is 1. The van der Waals surface area contributed by atoms with E-state index in [1.165, 1.54) is 11.3 Å². The predicted molar refractivity (Wildman–Crippen MR) is 105 cm³/mol. The van der Waals surface area contributed by atoms with Crippen molar-refractivity contribution in [2.45, 2.75) is 32.4 Å². The molecule has 1 unspecified atom stereocenters. The second-order valence-corrected chi connectivity index (χ2v) is 7.45. The van der Waals surface area contributed by atoms with E-state index in [2.05, 4.69) is 5.10 Å². The SMILES string of the molecule is CCn1ccc(C(=O)N(CC2CCCO2)c2nc3cc(OC)ccc3s2)n1. The summed E-state index contributed by atoms with van der Waals surface area (Å²) >= 11 is 1.49. The van der Waals surface area contributed by atoms with Gasteiger partial charge in [0.15, 0.2) is 10.8 Å². The second kappa shape index (κ2) is 7.66. The first-order valence-electron chi connectivity index (χ1n) is 9.09. The molecule has 1 aliphatic rings. The molecule has 8 heteroatoms. The highest BCUT2D eigenvalue weighted by Gasteiger charge is 2.28. The van der Waals surface area contributed by atoms with E-state index >= 15 is 0 Å². The molecule has 1 aromatic carbocycles. The van der Waals surface area contributed by atoms with Crippen molar-refractivity contribution in [3.63, 3.8) is 0 Å². The first-order valence-corrected chi connectivity index (χ1v) is 9.91. The van der Waals surface area contributed by atoms with Crippen LogP contribution in [0.15, 0.2) is 30.5 Å². The number of aromatic nitrogens is 3. The van der Waals surface area contributed by atoms with Gasteiger partial charge in [-0.15, -0.1) is 0 Å². The number of carbonyl (C=O) groups excluding carboxylic acids is 1. The van der Waals surface area contributed by atoms with Gasteiger partial charge in [-0.1, -0.05) is 11.3 Å². The molecule has 0 radical (unpaired) electrons. The molecule has 0 bridgehead atoms. The van der Waals surface area contributed by atoms with Gasteiger partial charge in [0.2, 0.25) is 0 Å². The molecule has 142 valence electrons. The first-order chi connectivity index (χ1) is 13.2. The summed E-state index contributed by atoms with van der Waals surface area (Å²) in [7, 11) is 1.63. The normalized spacial score (nSPS) is 16.7. The van der Waals surface area contributed by atoms with Crippen molar-refractivity contribution < 1.29 is 14.3 Å². The van der Waals surface area contributed by atoms with Gasteiger partial charge >= 0.3 is 0 Å². The maximum Gasteiger partial charge on any atom is 0.280 e. The topological polar surface area (TPSA) is 69.5 Å². The summed E-state index contributed by atoms with van der Waals surface area (Å²) in [6.07, 6.45) is 3.82. The van der Waals surface area contributed by atoms with Gasteiger partial charge in [-0.05, 0) is 38.0 Å². The minimum atomic E-state index is -0.149. The Kier molecular flexibility index (Phi) is 5.09. The Bertz CT molecular complexity index is 945. The van der Waals surface area contributed by atoms with Crippen LogP contribution in [0.2, 0.25) is 0 Å². The Labute approximate surface area is 161 Å². The maximum absolute atomic E-state index is 13.2. The van der Waals surface area contributed by atoms with Gasteiger partial charge in [0.1, 0.15) is 5.75 Å². The third kappa shape index (κ3) is 3.68. The molecule has 4 rings (SSSR count). The van der Waals surface area contributed by atoms with Crippen molar-refractivity contribution in [2.24, 2.45) is 0 Å². The monoisotopic (exact) mass is 386 g/mol. The molecule has 1 aliphatic heterocycles. The molecule has 3 heterocycles. The Morgan fingerprint density at radius 1 is 1.44 bits per heavy atom. The van der Waals surface area contributed by atoms with Gasteiger partial charge in [-0.25, -0.2) is 4.98 Å². The molecule has 3 aromatic rings. The average Bonchev–Trinajstić information content (AvgIpc) is 3.44. The molecular weight excluding hydrogens is 364 g/mol. The highest BCUT2D eigenvalue weighted by molar-refractivity contribution is 7.22. The minimum absolute atomic E-state index is 0.0313. The summed E-state index contributed by atoms with van der Waals surface area (Å²) in [4.78, 5) is 19.6. The number of nitrogens with zero attached hydrogens (tertiary/aromatic N) is 4. The molecule has 0 spiro atoms. The van der Waals surface area contributed by atoms with Gasteiger partial charge in [-0.3, -0.25) is 14.4 Å². The zero-order chi connectivity index (χ0) is 18.8. The fourth-order valence-electron chi connectivity index (χ4n) is 3.17. The van der Waals surface area contributed by atoms with E-state index in [0.717, 1.165) is 42.0 Å². The lowest BCUT2D eigenvalue weighted by Gasteiger charge is -2.22. The second-order valence-electron chi connectivity index (χ2n) is 6.44. The number of benzene rings is 1. The van der Waals surface area contributed by atoms with E-state index in [9.17, 15) is 4.79 Å². The number of carbonyl (C=O) groups is 1. The Morgan fingerprint density at radius 3 is 3.04 bits per heavy atom. The summed E-state index contributed by atoms with van der Waals surface area (Å²) in [6, 6.07) is 7.51. The number of rotatable bonds is 6. The largest absolute Gasteiger partial charge is 0.497 e. The maximum atomic E-state index is 13.2. The van der Waals surface area contributed by atoms with Crippen LogP contribution in [0, 0.1) is 0 Å². The molecular formula is C19H22N4O3S. The third-order valence-corrected chi connectivity index (χ3v) is 5.71. The molecule has 1 amide bonds. The lowest BCUT2D eigenvalue weighted by Crippen LogP contribution is -2.37. The highest BCUT2D eigenvalue weighted by atomic mass is 32.1. The van der Waals surface area contributed by atoms with Crippen molar-refractivity contribution in [2.75, 3.05) is 25.2 Å². The van der Waals surface area contributed by atoms with Crippen LogP contribution in [0.3, 0.4) is 0 Å². The molecule has 2 aromatic heterocycles. The molecule has 0 saturated carbocycles. The average molecular weight is 386 g/mol. The molecule has 1 fully saturated rings. The van der Waals surface area contributed by atoms with Gasteiger partial charge in [-0.2, -0.15) is 5.10 Å². The van der Waals surface area contributed by atoms with Crippen molar-refractivity contribution >= 4 is 32.6 Å². The van der Waals surface area contributed by atoms with E-state index in [0.29, 0.717) is 17.4 Å². The predicted octanol–water partition coefficient (Wildman–Crippen LogP) is 3.35. The molecule has 0 N–H and O–H groups in total. The number of methoxy groups -OCH3 is 1. The number of hydrogen-bond acceptors (Lipinski definition) is 6. The standard InChI is InChI=1S/C19H22N4O3S/c1-3-22-9-8-15(21-22)18(24)23(12-14-5-4-10-26-14)19-20-16-11-13(25-2)6-7-17(16)27-19/h6-9,11,14H,3-5,10,12H2,1-2H3. The van der Waals surface area contributed by atoms with Gasteiger partial charge in [0.05, 0.1) is 30.0 Å². The van der Waals surface area contributed by atoms with Crippen molar-refractivity contribution in [1.29, 1.82) is 0 Å². The summed E-state index contributed by atoms with van der Waals surface area (Å²) in [6.45, 7) is 3.94. The van der Waals surface area contributed by atoms with Crippen LogP contribution in [0.25, 0.3) is 10.2 Å². The Balaban J connectivity index is 1.69. The van der Waals surface area contributed by atoms with Crippen molar-refractivity contribution in [3.8, 4) is 5.75 Å². The van der Waals surface area contributed by atoms with E-state index < -0.39 is 0 Å². The fourth-order valence-corrected chi connectivity index (χ4v) is 4.12. The smallest absolute Gasteiger partial charge is 0.280 e. The number of amides is 1.